The van der Waals surface area contributed by atoms with E-state index >= 15 is 0 Å². The van der Waals surface area contributed by atoms with Crippen molar-refractivity contribution in [1.82, 2.24) is 10.3 Å². The number of fused-ring (bicyclic) bond motifs is 1. The second-order valence-corrected chi connectivity index (χ2v) is 9.83. The molecule has 0 atom stereocenters. The van der Waals surface area contributed by atoms with E-state index in [1.165, 1.54) is 6.42 Å². The first kappa shape index (κ1) is 20.4. The van der Waals surface area contributed by atoms with Crippen LogP contribution in [0.4, 0.5) is 5.82 Å². The van der Waals surface area contributed by atoms with Crippen LogP contribution in [0.3, 0.4) is 0 Å². The number of piperidine rings is 1. The highest BCUT2D eigenvalue weighted by Crippen LogP contribution is 2.28. The molecule has 0 saturated carbocycles. The molecule has 1 saturated heterocycles. The molecular formula is C22H25N3O4S. The van der Waals surface area contributed by atoms with E-state index in [0.29, 0.717) is 16.5 Å². The van der Waals surface area contributed by atoms with Gasteiger partial charge in [-0.05, 0) is 31.4 Å². The number of anilines is 1. The molecular weight excluding hydrogens is 402 g/mol. The lowest BCUT2D eigenvalue weighted by Crippen LogP contribution is -2.32. The summed E-state index contributed by atoms with van der Waals surface area (Å²) in [5.41, 5.74) is 1.82. The van der Waals surface area contributed by atoms with Gasteiger partial charge >= 0.3 is 0 Å². The summed E-state index contributed by atoms with van der Waals surface area (Å²) in [6.45, 7) is 2.20. The minimum atomic E-state index is -3.34. The molecule has 2 aromatic heterocycles. The van der Waals surface area contributed by atoms with Gasteiger partial charge in [-0.1, -0.05) is 24.3 Å². The molecule has 30 heavy (non-hydrogen) atoms. The van der Waals surface area contributed by atoms with Crippen LogP contribution in [0.5, 0.6) is 0 Å². The van der Waals surface area contributed by atoms with Crippen LogP contribution in [0.1, 0.15) is 40.9 Å². The molecule has 4 rings (SSSR count). The minimum absolute atomic E-state index is 0.0463. The molecule has 3 heterocycles. The summed E-state index contributed by atoms with van der Waals surface area (Å²) in [6, 6.07) is 10.9. The number of amides is 1. The monoisotopic (exact) mass is 427 g/mol. The predicted octanol–water partition coefficient (Wildman–Crippen LogP) is 3.29. The number of furan rings is 1. The molecule has 0 unspecified atom stereocenters. The molecule has 7 nitrogen and oxygen atoms in total. The van der Waals surface area contributed by atoms with Crippen molar-refractivity contribution in [3.63, 3.8) is 0 Å². The summed E-state index contributed by atoms with van der Waals surface area (Å²) in [7, 11) is -3.34. The minimum Gasteiger partial charge on any atom is -0.451 e. The second kappa shape index (κ2) is 8.47. The smallest absolute Gasteiger partial charge is 0.287 e. The summed E-state index contributed by atoms with van der Waals surface area (Å²) in [6.07, 6.45) is 6.41. The molecule has 8 heteroatoms. The van der Waals surface area contributed by atoms with Gasteiger partial charge in [0.05, 0.1) is 5.75 Å². The number of aromatic nitrogens is 1. The van der Waals surface area contributed by atoms with Crippen molar-refractivity contribution in [2.45, 2.75) is 31.6 Å². The van der Waals surface area contributed by atoms with Gasteiger partial charge in [0.1, 0.15) is 11.4 Å². The number of para-hydroxylation sites is 1. The van der Waals surface area contributed by atoms with Crippen molar-refractivity contribution >= 4 is 32.5 Å². The first-order chi connectivity index (χ1) is 14.4. The molecule has 3 aromatic rings. The van der Waals surface area contributed by atoms with Gasteiger partial charge in [-0.15, -0.1) is 0 Å². The SMILES string of the molecule is CS(=O)(=O)Cc1c(C(=O)NCc2cccnc2N2CCCCC2)oc2ccccc12. The van der Waals surface area contributed by atoms with Crippen LogP contribution in [0.15, 0.2) is 47.0 Å². The van der Waals surface area contributed by atoms with Crippen molar-refractivity contribution in [3.05, 3.63) is 59.5 Å². The van der Waals surface area contributed by atoms with Gasteiger partial charge in [0.15, 0.2) is 15.6 Å². The van der Waals surface area contributed by atoms with E-state index in [0.717, 1.165) is 43.6 Å². The number of carbonyl (C=O) groups excluding carboxylic acids is 1. The number of nitrogens with zero attached hydrogens (tertiary/aromatic N) is 2. The fourth-order valence-corrected chi connectivity index (χ4v) is 4.71. The lowest BCUT2D eigenvalue weighted by atomic mass is 10.1. The highest BCUT2D eigenvalue weighted by atomic mass is 32.2. The lowest BCUT2D eigenvalue weighted by molar-refractivity contribution is 0.0924. The third-order valence-electron chi connectivity index (χ3n) is 5.27. The number of carbonyl (C=O) groups is 1. The first-order valence-electron chi connectivity index (χ1n) is 10.1. The summed E-state index contributed by atoms with van der Waals surface area (Å²) in [4.78, 5) is 19.7. The Morgan fingerprint density at radius 1 is 1.13 bits per heavy atom. The summed E-state index contributed by atoms with van der Waals surface area (Å²) < 4.78 is 29.6. The van der Waals surface area contributed by atoms with Crippen molar-refractivity contribution < 1.29 is 17.6 Å². The van der Waals surface area contributed by atoms with E-state index in [9.17, 15) is 13.2 Å². The van der Waals surface area contributed by atoms with Crippen molar-refractivity contribution in [1.29, 1.82) is 0 Å². The molecule has 1 aliphatic rings. The Kier molecular flexibility index (Phi) is 5.76. The third-order valence-corrected chi connectivity index (χ3v) is 6.09. The molecule has 0 aliphatic carbocycles. The van der Waals surface area contributed by atoms with Gasteiger partial charge in [-0.2, -0.15) is 0 Å². The van der Waals surface area contributed by atoms with Gasteiger partial charge in [-0.25, -0.2) is 13.4 Å². The van der Waals surface area contributed by atoms with Gasteiger partial charge in [-0.3, -0.25) is 4.79 Å². The van der Waals surface area contributed by atoms with Gasteiger partial charge in [0.25, 0.3) is 5.91 Å². The maximum atomic E-state index is 12.9. The standard InChI is InChI=1S/C22H25N3O4S/c1-30(27,28)15-18-17-9-3-4-10-19(17)29-20(18)22(26)24-14-16-8-7-11-23-21(16)25-12-5-2-6-13-25/h3-4,7-11H,2,5-6,12-15H2,1H3,(H,24,26). The topological polar surface area (TPSA) is 92.5 Å². The quantitative estimate of drug-likeness (QED) is 0.649. The largest absolute Gasteiger partial charge is 0.451 e. The van der Waals surface area contributed by atoms with Crippen molar-refractivity contribution in [2.24, 2.45) is 0 Å². The van der Waals surface area contributed by atoms with Crippen LogP contribution >= 0.6 is 0 Å². The average Bonchev–Trinajstić information content (AvgIpc) is 3.10. The Hall–Kier alpha value is -2.87. The van der Waals surface area contributed by atoms with E-state index < -0.39 is 15.7 Å². The predicted molar refractivity (Wildman–Crippen MR) is 116 cm³/mol. The number of hydrogen-bond donors (Lipinski definition) is 1. The van der Waals surface area contributed by atoms with Crippen LogP contribution < -0.4 is 10.2 Å². The van der Waals surface area contributed by atoms with Crippen LogP contribution in [0.2, 0.25) is 0 Å². The van der Waals surface area contributed by atoms with Gasteiger partial charge in [0, 0.05) is 48.6 Å². The maximum absolute atomic E-state index is 12.9. The highest BCUT2D eigenvalue weighted by molar-refractivity contribution is 7.89. The van der Waals surface area contributed by atoms with E-state index in [2.05, 4.69) is 15.2 Å². The fraction of sp³-hybridized carbons (Fsp3) is 0.364. The first-order valence-corrected chi connectivity index (χ1v) is 12.1. The highest BCUT2D eigenvalue weighted by Gasteiger charge is 2.24. The van der Waals surface area contributed by atoms with Gasteiger partial charge in [0.2, 0.25) is 0 Å². The number of nitrogens with one attached hydrogen (secondary N) is 1. The molecule has 0 bridgehead atoms. The molecule has 1 N–H and O–H groups in total. The Labute approximate surface area is 176 Å². The van der Waals surface area contributed by atoms with E-state index in [4.69, 9.17) is 4.42 Å². The fourth-order valence-electron chi connectivity index (χ4n) is 3.90. The Morgan fingerprint density at radius 3 is 2.67 bits per heavy atom. The second-order valence-electron chi connectivity index (χ2n) is 7.69. The Bertz CT molecular complexity index is 1160. The summed E-state index contributed by atoms with van der Waals surface area (Å²) in [5, 5.41) is 3.53. The number of sulfone groups is 1. The number of pyridine rings is 1. The molecule has 1 amide bonds. The van der Waals surface area contributed by atoms with Crippen LogP contribution in [-0.4, -0.2) is 38.7 Å². The zero-order valence-electron chi connectivity index (χ0n) is 16.9. The normalized spacial score (nSPS) is 14.8. The molecule has 0 spiro atoms. The summed E-state index contributed by atoms with van der Waals surface area (Å²) >= 11 is 0. The summed E-state index contributed by atoms with van der Waals surface area (Å²) in [5.74, 6) is 0.250. The molecule has 1 fully saturated rings. The average molecular weight is 428 g/mol. The number of rotatable bonds is 6. The van der Waals surface area contributed by atoms with Gasteiger partial charge < -0.3 is 14.6 Å². The van der Waals surface area contributed by atoms with E-state index in [-0.39, 0.29) is 18.1 Å². The number of hydrogen-bond acceptors (Lipinski definition) is 6. The van der Waals surface area contributed by atoms with Crippen LogP contribution in [0, 0.1) is 0 Å². The molecule has 0 radical (unpaired) electrons. The Morgan fingerprint density at radius 2 is 1.90 bits per heavy atom. The van der Waals surface area contributed by atoms with E-state index in [1.54, 1.807) is 30.5 Å². The zero-order valence-corrected chi connectivity index (χ0v) is 17.7. The number of benzene rings is 1. The van der Waals surface area contributed by atoms with Crippen molar-refractivity contribution in [3.8, 4) is 0 Å². The van der Waals surface area contributed by atoms with E-state index in [1.807, 2.05) is 12.1 Å². The Balaban J connectivity index is 1.58. The zero-order chi connectivity index (χ0) is 21.1. The van der Waals surface area contributed by atoms with Crippen LogP contribution in [0.25, 0.3) is 11.0 Å². The maximum Gasteiger partial charge on any atom is 0.287 e. The molecule has 158 valence electrons. The van der Waals surface area contributed by atoms with Crippen molar-refractivity contribution in [2.75, 3.05) is 24.2 Å². The molecule has 1 aromatic carbocycles. The lowest BCUT2D eigenvalue weighted by Gasteiger charge is -2.29. The molecule has 1 aliphatic heterocycles. The third kappa shape index (κ3) is 4.48. The van der Waals surface area contributed by atoms with Crippen LogP contribution in [-0.2, 0) is 22.1 Å².